The Labute approximate surface area is 140 Å². The number of hydrogen-bond donors (Lipinski definition) is 1. The fraction of sp³-hybridized carbons (Fsp3) is 0.353. The van der Waals surface area contributed by atoms with Gasteiger partial charge < -0.3 is 10.2 Å². The van der Waals surface area contributed by atoms with Gasteiger partial charge in [0.15, 0.2) is 0 Å². The van der Waals surface area contributed by atoms with E-state index in [0.717, 1.165) is 24.5 Å². The number of hydrogen-bond acceptors (Lipinski definition) is 4. The summed E-state index contributed by atoms with van der Waals surface area (Å²) in [4.78, 5) is 23.0. The number of nitrogens with one attached hydrogen (secondary N) is 1. The molecule has 1 aliphatic rings. The highest BCUT2D eigenvalue weighted by molar-refractivity contribution is 6.31. The Morgan fingerprint density at radius 1 is 1.22 bits per heavy atom. The molecule has 2 aromatic rings. The maximum absolute atomic E-state index is 12.0. The van der Waals surface area contributed by atoms with Gasteiger partial charge in [-0.05, 0) is 30.5 Å². The van der Waals surface area contributed by atoms with Crippen molar-refractivity contribution in [3.8, 4) is 0 Å². The van der Waals surface area contributed by atoms with Crippen molar-refractivity contribution in [1.29, 1.82) is 0 Å². The van der Waals surface area contributed by atoms with Gasteiger partial charge in [0.2, 0.25) is 5.91 Å². The lowest BCUT2D eigenvalue weighted by Gasteiger charge is -2.16. The summed E-state index contributed by atoms with van der Waals surface area (Å²) in [5.41, 5.74) is 0.818. The molecule has 0 atom stereocenters. The Hall–Kier alpha value is -2.14. The minimum Gasteiger partial charge on any atom is -0.357 e. The molecule has 0 saturated carbocycles. The van der Waals surface area contributed by atoms with Gasteiger partial charge in [0, 0.05) is 24.3 Å². The molecule has 0 unspecified atom stereocenters. The van der Waals surface area contributed by atoms with E-state index in [1.807, 2.05) is 24.3 Å². The van der Waals surface area contributed by atoms with E-state index >= 15 is 0 Å². The molecule has 1 amide bonds. The molecule has 1 N–H and O–H groups in total. The van der Waals surface area contributed by atoms with Crippen LogP contribution in [-0.4, -0.2) is 29.0 Å². The summed E-state index contributed by atoms with van der Waals surface area (Å²) < 4.78 is 0. The van der Waals surface area contributed by atoms with Crippen molar-refractivity contribution in [3.05, 3.63) is 52.9 Å². The predicted molar refractivity (Wildman–Crippen MR) is 90.5 cm³/mol. The summed E-state index contributed by atoms with van der Waals surface area (Å²) in [5, 5.41) is 3.46. The van der Waals surface area contributed by atoms with Crippen LogP contribution in [-0.2, 0) is 17.8 Å². The molecule has 1 aromatic carbocycles. The molecule has 0 radical (unpaired) electrons. The maximum atomic E-state index is 12.0. The quantitative estimate of drug-likeness (QED) is 0.915. The second-order valence-corrected chi connectivity index (χ2v) is 5.98. The molecule has 1 saturated heterocycles. The smallest absolute Gasteiger partial charge is 0.224 e. The average Bonchev–Trinajstić information content (AvgIpc) is 3.10. The normalized spacial score (nSPS) is 14.0. The third-order valence-corrected chi connectivity index (χ3v) is 4.24. The molecular formula is C17H19ClN4O. The number of amides is 1. The van der Waals surface area contributed by atoms with Crippen molar-refractivity contribution < 1.29 is 4.79 Å². The number of aromatic nitrogens is 2. The van der Waals surface area contributed by atoms with Crippen molar-refractivity contribution in [3.63, 3.8) is 0 Å². The van der Waals surface area contributed by atoms with Gasteiger partial charge >= 0.3 is 0 Å². The Morgan fingerprint density at radius 2 is 2.00 bits per heavy atom. The van der Waals surface area contributed by atoms with Crippen LogP contribution in [0.3, 0.4) is 0 Å². The van der Waals surface area contributed by atoms with Crippen LogP contribution in [0.4, 0.5) is 5.82 Å². The van der Waals surface area contributed by atoms with E-state index in [4.69, 9.17) is 11.6 Å². The second kappa shape index (κ2) is 7.42. The Morgan fingerprint density at radius 3 is 2.78 bits per heavy atom. The van der Waals surface area contributed by atoms with Crippen LogP contribution in [0.2, 0.25) is 5.02 Å². The highest BCUT2D eigenvalue weighted by Crippen LogP contribution is 2.17. The zero-order valence-corrected chi connectivity index (χ0v) is 13.6. The molecule has 1 fully saturated rings. The van der Waals surface area contributed by atoms with Crippen molar-refractivity contribution in [1.82, 2.24) is 15.3 Å². The Balaban J connectivity index is 1.56. The van der Waals surface area contributed by atoms with Crippen molar-refractivity contribution in [2.24, 2.45) is 0 Å². The van der Waals surface area contributed by atoms with E-state index in [2.05, 4.69) is 20.2 Å². The lowest BCUT2D eigenvalue weighted by atomic mass is 10.1. The molecule has 1 aliphatic heterocycles. The molecule has 0 spiro atoms. The van der Waals surface area contributed by atoms with E-state index in [-0.39, 0.29) is 12.3 Å². The summed E-state index contributed by atoms with van der Waals surface area (Å²) in [6.45, 7) is 2.40. The summed E-state index contributed by atoms with van der Waals surface area (Å²) >= 11 is 6.07. The molecule has 0 aliphatic carbocycles. The summed E-state index contributed by atoms with van der Waals surface area (Å²) in [6.07, 6.45) is 4.41. The average molecular weight is 331 g/mol. The number of carbonyl (C=O) groups is 1. The molecule has 2 heterocycles. The van der Waals surface area contributed by atoms with Crippen LogP contribution in [0, 0.1) is 0 Å². The molecular weight excluding hydrogens is 312 g/mol. The molecule has 0 bridgehead atoms. The zero-order chi connectivity index (χ0) is 16.1. The minimum absolute atomic E-state index is 0.0896. The Kier molecular flexibility index (Phi) is 5.08. The summed E-state index contributed by atoms with van der Waals surface area (Å²) in [7, 11) is 0. The van der Waals surface area contributed by atoms with E-state index in [9.17, 15) is 4.79 Å². The van der Waals surface area contributed by atoms with Crippen LogP contribution in [0.5, 0.6) is 0 Å². The fourth-order valence-corrected chi connectivity index (χ4v) is 2.85. The van der Waals surface area contributed by atoms with Gasteiger partial charge in [0.05, 0.1) is 13.0 Å². The minimum atomic E-state index is -0.0896. The van der Waals surface area contributed by atoms with Crippen molar-refractivity contribution in [2.45, 2.75) is 25.8 Å². The number of benzene rings is 1. The third-order valence-electron chi connectivity index (χ3n) is 3.87. The van der Waals surface area contributed by atoms with Gasteiger partial charge in [-0.3, -0.25) is 4.79 Å². The van der Waals surface area contributed by atoms with Gasteiger partial charge in [-0.25, -0.2) is 9.97 Å². The summed E-state index contributed by atoms with van der Waals surface area (Å²) in [6, 6.07) is 9.28. The Bertz CT molecular complexity index is 686. The molecule has 3 rings (SSSR count). The topological polar surface area (TPSA) is 58.1 Å². The SMILES string of the molecule is O=C(Cc1ccccc1Cl)NCc1nccc(N2CCCC2)n1. The molecule has 5 nitrogen and oxygen atoms in total. The number of nitrogens with zero attached hydrogens (tertiary/aromatic N) is 3. The highest BCUT2D eigenvalue weighted by atomic mass is 35.5. The van der Waals surface area contributed by atoms with Crippen LogP contribution in [0.25, 0.3) is 0 Å². The maximum Gasteiger partial charge on any atom is 0.224 e. The molecule has 23 heavy (non-hydrogen) atoms. The van der Waals surface area contributed by atoms with E-state index < -0.39 is 0 Å². The largest absolute Gasteiger partial charge is 0.357 e. The van der Waals surface area contributed by atoms with Crippen molar-refractivity contribution >= 4 is 23.3 Å². The van der Waals surface area contributed by atoms with Gasteiger partial charge in [-0.2, -0.15) is 0 Å². The van der Waals surface area contributed by atoms with E-state index in [1.54, 1.807) is 12.3 Å². The lowest BCUT2D eigenvalue weighted by Crippen LogP contribution is -2.26. The standard InChI is InChI=1S/C17H19ClN4O/c18-14-6-2-1-5-13(14)11-17(23)20-12-15-19-8-7-16(21-15)22-9-3-4-10-22/h1-2,5-8H,3-4,9-12H2,(H,20,23). The fourth-order valence-electron chi connectivity index (χ4n) is 2.65. The van der Waals surface area contributed by atoms with Crippen LogP contribution in [0.1, 0.15) is 24.2 Å². The number of carbonyl (C=O) groups excluding carboxylic acids is 1. The molecule has 120 valence electrons. The first kappa shape index (κ1) is 15.7. The van der Waals surface area contributed by atoms with Crippen LogP contribution >= 0.6 is 11.6 Å². The van der Waals surface area contributed by atoms with Gasteiger partial charge in [-0.15, -0.1) is 0 Å². The third kappa shape index (κ3) is 4.20. The lowest BCUT2D eigenvalue weighted by molar-refractivity contribution is -0.120. The van der Waals surface area contributed by atoms with Gasteiger partial charge in [0.1, 0.15) is 11.6 Å². The van der Waals surface area contributed by atoms with E-state index in [1.165, 1.54) is 12.8 Å². The van der Waals surface area contributed by atoms with Crippen LogP contribution < -0.4 is 10.2 Å². The molecule has 6 heteroatoms. The molecule has 1 aromatic heterocycles. The first-order valence-electron chi connectivity index (χ1n) is 7.79. The first-order valence-corrected chi connectivity index (χ1v) is 8.17. The number of anilines is 1. The van der Waals surface area contributed by atoms with Crippen molar-refractivity contribution in [2.75, 3.05) is 18.0 Å². The number of halogens is 1. The zero-order valence-electron chi connectivity index (χ0n) is 12.8. The van der Waals surface area contributed by atoms with Crippen LogP contribution in [0.15, 0.2) is 36.5 Å². The number of rotatable bonds is 5. The first-order chi connectivity index (χ1) is 11.2. The van der Waals surface area contributed by atoms with E-state index in [0.29, 0.717) is 17.4 Å². The highest BCUT2D eigenvalue weighted by Gasteiger charge is 2.14. The second-order valence-electron chi connectivity index (χ2n) is 5.57. The van der Waals surface area contributed by atoms with Gasteiger partial charge in [0.25, 0.3) is 0 Å². The predicted octanol–water partition coefficient (Wildman–Crippen LogP) is 2.59. The monoisotopic (exact) mass is 330 g/mol. The summed E-state index contributed by atoms with van der Waals surface area (Å²) in [5.74, 6) is 1.48. The van der Waals surface area contributed by atoms with Gasteiger partial charge in [-0.1, -0.05) is 29.8 Å².